The Hall–Kier alpha value is -2.24. The van der Waals surface area contributed by atoms with Crippen LogP contribution in [0.1, 0.15) is 11.1 Å². The predicted octanol–water partition coefficient (Wildman–Crippen LogP) is 4.16. The first-order valence-corrected chi connectivity index (χ1v) is 8.08. The SMILES string of the molecule is Nc1ccc(/C=C2\SC(=O)N(Cc3cccc(Cl)c3)C2=O)cc1. The molecule has 2 aromatic rings. The van der Waals surface area contributed by atoms with E-state index in [1.807, 2.05) is 6.07 Å². The molecule has 0 spiro atoms. The van der Waals surface area contributed by atoms with Crippen molar-refractivity contribution in [2.45, 2.75) is 6.54 Å². The molecule has 4 nitrogen and oxygen atoms in total. The molecule has 1 saturated heterocycles. The van der Waals surface area contributed by atoms with Gasteiger partial charge in [0.15, 0.2) is 0 Å². The number of nitrogens with two attached hydrogens (primary N) is 1. The van der Waals surface area contributed by atoms with Crippen LogP contribution in [0.2, 0.25) is 5.02 Å². The van der Waals surface area contributed by atoms with Crippen molar-refractivity contribution in [3.63, 3.8) is 0 Å². The number of amides is 2. The number of hydrogen-bond acceptors (Lipinski definition) is 4. The summed E-state index contributed by atoms with van der Waals surface area (Å²) in [6.07, 6.45) is 1.70. The molecule has 116 valence electrons. The zero-order chi connectivity index (χ0) is 16.4. The molecule has 0 unspecified atom stereocenters. The van der Waals surface area contributed by atoms with Crippen LogP contribution in [0, 0.1) is 0 Å². The number of nitrogens with zero attached hydrogens (tertiary/aromatic N) is 1. The summed E-state index contributed by atoms with van der Waals surface area (Å²) >= 11 is 6.88. The van der Waals surface area contributed by atoms with Gasteiger partial charge in [-0.2, -0.15) is 0 Å². The summed E-state index contributed by atoms with van der Waals surface area (Å²) < 4.78 is 0. The first-order valence-electron chi connectivity index (χ1n) is 6.88. The van der Waals surface area contributed by atoms with Crippen LogP contribution in [-0.4, -0.2) is 16.0 Å². The Labute approximate surface area is 142 Å². The van der Waals surface area contributed by atoms with Gasteiger partial charge in [0.2, 0.25) is 0 Å². The number of hydrogen-bond donors (Lipinski definition) is 1. The number of halogens is 1. The quantitative estimate of drug-likeness (QED) is 0.670. The van der Waals surface area contributed by atoms with Gasteiger partial charge in [-0.1, -0.05) is 35.9 Å². The highest BCUT2D eigenvalue weighted by atomic mass is 35.5. The topological polar surface area (TPSA) is 63.4 Å². The molecule has 0 atom stereocenters. The Morgan fingerprint density at radius 3 is 2.57 bits per heavy atom. The summed E-state index contributed by atoms with van der Waals surface area (Å²) in [5, 5.41) is 0.295. The van der Waals surface area contributed by atoms with E-state index in [2.05, 4.69) is 0 Å². The number of benzene rings is 2. The highest BCUT2D eigenvalue weighted by Crippen LogP contribution is 2.33. The third-order valence-corrected chi connectivity index (χ3v) is 4.48. The lowest BCUT2D eigenvalue weighted by Crippen LogP contribution is -2.27. The van der Waals surface area contributed by atoms with Crippen LogP contribution in [0.15, 0.2) is 53.4 Å². The summed E-state index contributed by atoms with van der Waals surface area (Å²) in [5.74, 6) is -0.295. The van der Waals surface area contributed by atoms with E-state index in [4.69, 9.17) is 17.3 Å². The van der Waals surface area contributed by atoms with Crippen molar-refractivity contribution in [1.82, 2.24) is 4.90 Å². The van der Waals surface area contributed by atoms with Gasteiger partial charge in [-0.3, -0.25) is 14.5 Å². The Balaban J connectivity index is 1.81. The van der Waals surface area contributed by atoms with Crippen LogP contribution in [0.3, 0.4) is 0 Å². The van der Waals surface area contributed by atoms with Crippen LogP contribution in [0.4, 0.5) is 10.5 Å². The van der Waals surface area contributed by atoms with Crippen molar-refractivity contribution in [3.8, 4) is 0 Å². The van der Waals surface area contributed by atoms with Crippen molar-refractivity contribution < 1.29 is 9.59 Å². The van der Waals surface area contributed by atoms with Crippen LogP contribution >= 0.6 is 23.4 Å². The maximum Gasteiger partial charge on any atom is 0.293 e. The van der Waals surface area contributed by atoms with Gasteiger partial charge in [-0.05, 0) is 53.2 Å². The Kier molecular flexibility index (Phi) is 4.41. The van der Waals surface area contributed by atoms with Crippen molar-refractivity contribution in [1.29, 1.82) is 0 Å². The fourth-order valence-corrected chi connectivity index (χ4v) is 3.25. The van der Waals surface area contributed by atoms with Gasteiger partial charge < -0.3 is 5.73 Å². The van der Waals surface area contributed by atoms with Gasteiger partial charge >= 0.3 is 0 Å². The standard InChI is InChI=1S/C17H13ClN2O2S/c18-13-3-1-2-12(8-13)10-20-16(21)15(23-17(20)22)9-11-4-6-14(19)7-5-11/h1-9H,10,19H2/b15-9-. The number of nitrogen functional groups attached to an aromatic ring is 1. The van der Waals surface area contributed by atoms with Crippen LogP contribution in [0.5, 0.6) is 0 Å². The number of rotatable bonds is 3. The molecule has 1 aliphatic rings. The molecule has 0 radical (unpaired) electrons. The minimum atomic E-state index is -0.295. The van der Waals surface area contributed by atoms with Crippen molar-refractivity contribution in [2.75, 3.05) is 5.73 Å². The molecule has 2 aromatic carbocycles. The molecule has 0 saturated carbocycles. The maximum absolute atomic E-state index is 12.4. The fourth-order valence-electron chi connectivity index (χ4n) is 2.20. The van der Waals surface area contributed by atoms with Crippen molar-refractivity contribution in [3.05, 3.63) is 69.6 Å². The molecule has 6 heteroatoms. The normalized spacial score (nSPS) is 16.4. The van der Waals surface area contributed by atoms with Gasteiger partial charge in [0.25, 0.3) is 11.1 Å². The Morgan fingerprint density at radius 2 is 1.87 bits per heavy atom. The summed E-state index contributed by atoms with van der Waals surface area (Å²) in [6.45, 7) is 0.213. The first-order chi connectivity index (χ1) is 11.0. The molecule has 23 heavy (non-hydrogen) atoms. The average Bonchev–Trinajstić information content (AvgIpc) is 2.77. The largest absolute Gasteiger partial charge is 0.399 e. The lowest BCUT2D eigenvalue weighted by atomic mass is 10.2. The smallest absolute Gasteiger partial charge is 0.293 e. The number of anilines is 1. The molecule has 1 fully saturated rings. The predicted molar refractivity (Wildman–Crippen MR) is 93.8 cm³/mol. The fraction of sp³-hybridized carbons (Fsp3) is 0.0588. The van der Waals surface area contributed by atoms with Gasteiger partial charge in [0, 0.05) is 10.7 Å². The molecule has 1 heterocycles. The molecular weight excluding hydrogens is 332 g/mol. The third-order valence-electron chi connectivity index (χ3n) is 3.34. The minimum Gasteiger partial charge on any atom is -0.399 e. The third kappa shape index (κ3) is 3.57. The van der Waals surface area contributed by atoms with Crippen LogP contribution in [0.25, 0.3) is 6.08 Å². The van der Waals surface area contributed by atoms with E-state index >= 15 is 0 Å². The van der Waals surface area contributed by atoms with E-state index in [1.165, 1.54) is 4.90 Å². The zero-order valence-electron chi connectivity index (χ0n) is 12.0. The summed E-state index contributed by atoms with van der Waals surface area (Å²) in [5.41, 5.74) is 7.93. The van der Waals surface area contributed by atoms with Crippen LogP contribution in [-0.2, 0) is 11.3 Å². The molecule has 2 N–H and O–H groups in total. The Morgan fingerprint density at radius 1 is 1.13 bits per heavy atom. The van der Waals surface area contributed by atoms with E-state index in [9.17, 15) is 9.59 Å². The second-order valence-electron chi connectivity index (χ2n) is 5.06. The van der Waals surface area contributed by atoms with E-state index in [1.54, 1.807) is 48.5 Å². The number of thioether (sulfide) groups is 1. The second kappa shape index (κ2) is 6.48. The molecule has 0 bridgehead atoms. The molecule has 1 aliphatic heterocycles. The van der Waals surface area contributed by atoms with Gasteiger partial charge in [0.1, 0.15) is 0 Å². The lowest BCUT2D eigenvalue weighted by Gasteiger charge is -2.12. The van der Waals surface area contributed by atoms with Gasteiger partial charge in [0.05, 0.1) is 11.4 Å². The van der Waals surface area contributed by atoms with E-state index < -0.39 is 0 Å². The van der Waals surface area contributed by atoms with Crippen molar-refractivity contribution in [2.24, 2.45) is 0 Å². The van der Waals surface area contributed by atoms with E-state index in [-0.39, 0.29) is 17.7 Å². The summed E-state index contributed by atoms with van der Waals surface area (Å²) in [4.78, 5) is 26.2. The maximum atomic E-state index is 12.4. The van der Waals surface area contributed by atoms with Crippen molar-refractivity contribution >= 4 is 46.3 Å². The minimum absolute atomic E-state index is 0.213. The lowest BCUT2D eigenvalue weighted by molar-refractivity contribution is -0.123. The van der Waals surface area contributed by atoms with Gasteiger partial charge in [-0.25, -0.2) is 0 Å². The molecule has 0 aromatic heterocycles. The number of carbonyl (C=O) groups excluding carboxylic acids is 2. The molecule has 3 rings (SSSR count). The number of carbonyl (C=O) groups is 2. The second-order valence-corrected chi connectivity index (χ2v) is 6.49. The van der Waals surface area contributed by atoms with Gasteiger partial charge in [-0.15, -0.1) is 0 Å². The highest BCUT2D eigenvalue weighted by Gasteiger charge is 2.34. The average molecular weight is 345 g/mol. The summed E-state index contributed by atoms with van der Waals surface area (Å²) in [6, 6.07) is 14.2. The molecule has 2 amide bonds. The first kappa shape index (κ1) is 15.6. The van der Waals surface area contributed by atoms with E-state index in [0.29, 0.717) is 15.6 Å². The molecular formula is C17H13ClN2O2S. The van der Waals surface area contributed by atoms with Crippen LogP contribution < -0.4 is 5.73 Å². The number of imide groups is 1. The monoisotopic (exact) mass is 344 g/mol. The molecule has 0 aliphatic carbocycles. The summed E-state index contributed by atoms with van der Waals surface area (Å²) in [7, 11) is 0. The highest BCUT2D eigenvalue weighted by molar-refractivity contribution is 8.18. The van der Waals surface area contributed by atoms with E-state index in [0.717, 1.165) is 22.9 Å². The zero-order valence-corrected chi connectivity index (χ0v) is 13.6. The Bertz CT molecular complexity index is 802.